The Bertz CT molecular complexity index is 2840. The zero-order valence-corrected chi connectivity index (χ0v) is 27.1. The van der Waals surface area contributed by atoms with Gasteiger partial charge in [-0.15, -0.1) is 11.3 Å². The summed E-state index contributed by atoms with van der Waals surface area (Å²) in [5.74, 6) is 0.569. The number of hydrogen-bond donors (Lipinski definition) is 0. The number of aromatic nitrogens is 2. The van der Waals surface area contributed by atoms with E-state index in [1.807, 2.05) is 29.5 Å². The van der Waals surface area contributed by atoms with Crippen molar-refractivity contribution in [1.29, 1.82) is 0 Å². The molecule has 0 aliphatic carbocycles. The van der Waals surface area contributed by atoms with Gasteiger partial charge in [-0.2, -0.15) is 0 Å². The second-order valence-electron chi connectivity index (χ2n) is 12.2. The van der Waals surface area contributed by atoms with Gasteiger partial charge in [-0.1, -0.05) is 97.1 Å². The number of fused-ring (bicyclic) bond motifs is 8. The van der Waals surface area contributed by atoms with Gasteiger partial charge in [0, 0.05) is 54.7 Å². The highest BCUT2D eigenvalue weighted by atomic mass is 32.1. The third-order valence-corrected chi connectivity index (χ3v) is 10.5. The van der Waals surface area contributed by atoms with E-state index >= 15 is 0 Å². The Labute approximate surface area is 286 Å². The van der Waals surface area contributed by atoms with E-state index in [4.69, 9.17) is 9.40 Å². The number of anilines is 3. The van der Waals surface area contributed by atoms with Crippen molar-refractivity contribution in [2.45, 2.75) is 0 Å². The smallest absolute Gasteiger partial charge is 0.228 e. The molecule has 49 heavy (non-hydrogen) atoms. The van der Waals surface area contributed by atoms with E-state index in [9.17, 15) is 0 Å². The summed E-state index contributed by atoms with van der Waals surface area (Å²) in [6, 6.07) is 54.0. The van der Waals surface area contributed by atoms with Crippen LogP contribution >= 0.6 is 11.3 Å². The predicted octanol–water partition coefficient (Wildman–Crippen LogP) is 12.7. The lowest BCUT2D eigenvalue weighted by molar-refractivity contribution is 0.623. The topological polar surface area (TPSA) is 42.2 Å². The van der Waals surface area contributed by atoms with Crippen molar-refractivity contribution in [2.75, 3.05) is 4.90 Å². The van der Waals surface area contributed by atoms with Crippen LogP contribution in [0.15, 0.2) is 168 Å². The van der Waals surface area contributed by atoms with Crippen LogP contribution in [0.3, 0.4) is 0 Å². The Morgan fingerprint density at radius 1 is 0.531 bits per heavy atom. The average Bonchev–Trinajstić information content (AvgIpc) is 3.77. The number of hydrogen-bond acceptors (Lipinski definition) is 5. The average molecular weight is 646 g/mol. The lowest BCUT2D eigenvalue weighted by Gasteiger charge is -2.27. The molecule has 230 valence electrons. The molecule has 0 atom stereocenters. The highest BCUT2D eigenvalue weighted by Gasteiger charge is 2.20. The third-order valence-electron chi connectivity index (χ3n) is 9.35. The SMILES string of the molecule is c1ccc(-c2cccc(N(c3ccc4c(c3)sc3ccccc34)c3cccc4c3ccc3ccc5nc(-c6cccnc6)oc5c34)c2)cc1. The van der Waals surface area contributed by atoms with Crippen LogP contribution < -0.4 is 4.90 Å². The first-order valence-electron chi connectivity index (χ1n) is 16.3. The molecule has 0 N–H and O–H groups in total. The molecule has 0 aliphatic rings. The molecule has 0 fully saturated rings. The van der Waals surface area contributed by atoms with Crippen molar-refractivity contribution in [3.8, 4) is 22.6 Å². The largest absolute Gasteiger partial charge is 0.435 e. The molecule has 0 unspecified atom stereocenters. The molecule has 0 amide bonds. The fourth-order valence-electron chi connectivity index (χ4n) is 7.09. The highest BCUT2D eigenvalue weighted by molar-refractivity contribution is 7.25. The van der Waals surface area contributed by atoms with Crippen molar-refractivity contribution in [2.24, 2.45) is 0 Å². The Kier molecular flexibility index (Phi) is 6.32. The van der Waals surface area contributed by atoms with Crippen molar-refractivity contribution >= 4 is 81.2 Å². The summed E-state index contributed by atoms with van der Waals surface area (Å²) in [6.07, 6.45) is 3.55. The number of thiophene rings is 1. The highest BCUT2D eigenvalue weighted by Crippen LogP contribution is 2.45. The molecule has 0 bridgehead atoms. The zero-order chi connectivity index (χ0) is 32.3. The van der Waals surface area contributed by atoms with Gasteiger partial charge >= 0.3 is 0 Å². The first-order chi connectivity index (χ1) is 24.3. The monoisotopic (exact) mass is 645 g/mol. The van der Waals surface area contributed by atoms with Crippen molar-refractivity contribution in [3.05, 3.63) is 164 Å². The van der Waals surface area contributed by atoms with Crippen LogP contribution in [0.4, 0.5) is 17.1 Å². The molecule has 7 aromatic carbocycles. The van der Waals surface area contributed by atoms with E-state index < -0.39 is 0 Å². The second kappa shape index (κ2) is 11.2. The predicted molar refractivity (Wildman–Crippen MR) is 205 cm³/mol. The summed E-state index contributed by atoms with van der Waals surface area (Å²) in [5, 5.41) is 6.98. The Morgan fingerprint density at radius 2 is 1.29 bits per heavy atom. The van der Waals surface area contributed by atoms with Crippen LogP contribution in [-0.2, 0) is 0 Å². The number of benzene rings is 7. The van der Waals surface area contributed by atoms with E-state index in [-0.39, 0.29) is 0 Å². The van der Waals surface area contributed by atoms with E-state index in [1.165, 1.54) is 31.3 Å². The van der Waals surface area contributed by atoms with Gasteiger partial charge in [-0.05, 0) is 76.5 Å². The molecule has 0 saturated carbocycles. The molecule has 0 saturated heterocycles. The van der Waals surface area contributed by atoms with E-state index in [1.54, 1.807) is 12.4 Å². The van der Waals surface area contributed by atoms with Gasteiger partial charge in [-0.3, -0.25) is 4.98 Å². The van der Waals surface area contributed by atoms with Gasteiger partial charge in [0.25, 0.3) is 0 Å². The van der Waals surface area contributed by atoms with Crippen molar-refractivity contribution in [3.63, 3.8) is 0 Å². The van der Waals surface area contributed by atoms with E-state index in [0.29, 0.717) is 5.89 Å². The van der Waals surface area contributed by atoms with Gasteiger partial charge < -0.3 is 9.32 Å². The first kappa shape index (κ1) is 27.8. The molecular formula is C44H27N3OS. The van der Waals surface area contributed by atoms with Crippen molar-refractivity contribution in [1.82, 2.24) is 9.97 Å². The molecule has 0 radical (unpaired) electrons. The Hall–Kier alpha value is -6.30. The van der Waals surface area contributed by atoms with E-state index in [2.05, 4.69) is 143 Å². The van der Waals surface area contributed by atoms with Crippen LogP contribution in [0.25, 0.3) is 75.4 Å². The van der Waals surface area contributed by atoms with Gasteiger partial charge in [0.1, 0.15) is 5.52 Å². The van der Waals surface area contributed by atoms with Crippen LogP contribution in [0.5, 0.6) is 0 Å². The normalized spacial score (nSPS) is 11.7. The van der Waals surface area contributed by atoms with Crippen LogP contribution in [0.2, 0.25) is 0 Å². The Morgan fingerprint density at radius 3 is 2.20 bits per heavy atom. The molecule has 3 aromatic heterocycles. The van der Waals surface area contributed by atoms with Crippen molar-refractivity contribution < 1.29 is 4.42 Å². The molecular weight excluding hydrogens is 619 g/mol. The van der Waals surface area contributed by atoms with Gasteiger partial charge in [-0.25, -0.2) is 4.98 Å². The maximum Gasteiger partial charge on any atom is 0.228 e. The fourth-order valence-corrected chi connectivity index (χ4v) is 8.23. The quantitative estimate of drug-likeness (QED) is 0.175. The summed E-state index contributed by atoms with van der Waals surface area (Å²) >= 11 is 1.84. The van der Waals surface area contributed by atoms with Crippen LogP contribution in [-0.4, -0.2) is 9.97 Å². The molecule has 0 aliphatic heterocycles. The maximum atomic E-state index is 6.52. The Balaban J connectivity index is 1.23. The summed E-state index contributed by atoms with van der Waals surface area (Å²) in [5.41, 5.74) is 8.10. The summed E-state index contributed by atoms with van der Waals surface area (Å²) in [4.78, 5) is 11.5. The van der Waals surface area contributed by atoms with E-state index in [0.717, 1.165) is 55.3 Å². The standard InChI is InChI=1S/C44H27N3OS/c1-2-9-28(10-3-1)30-11-6-13-32(25-30)47(33-20-22-36-35-14-4-5-17-40(35)49-41(36)26-33)39-16-7-15-37-34(39)21-18-29-19-23-38-43(42(29)37)48-44(46-38)31-12-8-24-45-27-31/h1-27H. The molecule has 5 heteroatoms. The zero-order valence-electron chi connectivity index (χ0n) is 26.2. The number of pyridine rings is 1. The lowest BCUT2D eigenvalue weighted by atomic mass is 9.98. The molecule has 3 heterocycles. The molecule has 0 spiro atoms. The van der Waals surface area contributed by atoms with Gasteiger partial charge in [0.2, 0.25) is 5.89 Å². The second-order valence-corrected chi connectivity index (χ2v) is 13.3. The van der Waals surface area contributed by atoms with Gasteiger partial charge in [0.15, 0.2) is 5.58 Å². The molecule has 10 rings (SSSR count). The van der Waals surface area contributed by atoms with Crippen LogP contribution in [0, 0.1) is 0 Å². The number of nitrogens with zero attached hydrogens (tertiary/aromatic N) is 3. The van der Waals surface area contributed by atoms with Gasteiger partial charge in [0.05, 0.1) is 11.3 Å². The minimum atomic E-state index is 0.569. The third kappa shape index (κ3) is 4.59. The minimum Gasteiger partial charge on any atom is -0.435 e. The maximum absolute atomic E-state index is 6.52. The number of rotatable bonds is 5. The first-order valence-corrected chi connectivity index (χ1v) is 17.1. The summed E-state index contributed by atoms with van der Waals surface area (Å²) in [6.45, 7) is 0. The fraction of sp³-hybridized carbons (Fsp3) is 0. The molecule has 4 nitrogen and oxygen atoms in total. The summed E-state index contributed by atoms with van der Waals surface area (Å²) in [7, 11) is 0. The lowest BCUT2D eigenvalue weighted by Crippen LogP contribution is -2.10. The summed E-state index contributed by atoms with van der Waals surface area (Å²) < 4.78 is 9.08. The number of oxazole rings is 1. The minimum absolute atomic E-state index is 0.569. The van der Waals surface area contributed by atoms with Crippen LogP contribution in [0.1, 0.15) is 0 Å². The molecule has 10 aromatic rings.